The summed E-state index contributed by atoms with van der Waals surface area (Å²) >= 11 is 10.1. The van der Waals surface area contributed by atoms with Gasteiger partial charge in [0.1, 0.15) is 0 Å². The number of anilines is 1. The maximum Gasteiger partial charge on any atom is 0.189 e. The van der Waals surface area contributed by atoms with Crippen LogP contribution in [0.2, 0.25) is 0 Å². The van der Waals surface area contributed by atoms with Gasteiger partial charge in [-0.25, -0.2) is 0 Å². The van der Waals surface area contributed by atoms with Gasteiger partial charge in [0.05, 0.1) is 0 Å². The molecule has 0 aromatic heterocycles. The van der Waals surface area contributed by atoms with Crippen molar-refractivity contribution in [2.45, 2.75) is 13.8 Å². The second-order valence-electron chi connectivity index (χ2n) is 3.38. The lowest BCUT2D eigenvalue weighted by molar-refractivity contribution is 0.825. The van der Waals surface area contributed by atoms with E-state index in [1.807, 2.05) is 38.1 Å². The molecule has 1 aromatic carbocycles. The molecule has 0 atom stereocenters. The molecule has 0 bridgehead atoms. The summed E-state index contributed by atoms with van der Waals surface area (Å²) in [6.07, 6.45) is 0. The molecule has 17 heavy (non-hydrogen) atoms. The van der Waals surface area contributed by atoms with Crippen molar-refractivity contribution in [3.8, 4) is 0 Å². The topological polar surface area (TPSA) is 48.1 Å². The summed E-state index contributed by atoms with van der Waals surface area (Å²) in [6, 6.07) is 7.91. The van der Waals surface area contributed by atoms with Crippen LogP contribution in [0.4, 0.5) is 5.69 Å². The number of aryl methyl sites for hydroxylation is 1. The molecule has 0 spiro atoms. The van der Waals surface area contributed by atoms with Crippen molar-refractivity contribution >= 4 is 40.3 Å². The molecule has 0 aliphatic rings. The summed E-state index contributed by atoms with van der Waals surface area (Å²) in [4.78, 5) is 0. The molecular formula is C11H16N4S2. The molecular weight excluding hydrogens is 252 g/mol. The van der Waals surface area contributed by atoms with Crippen molar-refractivity contribution in [1.29, 1.82) is 0 Å². The smallest absolute Gasteiger partial charge is 0.189 e. The highest BCUT2D eigenvalue weighted by Crippen LogP contribution is 2.12. The molecule has 92 valence electrons. The summed E-state index contributed by atoms with van der Waals surface area (Å²) in [5.74, 6) is 0. The highest BCUT2D eigenvalue weighted by Gasteiger charge is 2.00. The molecule has 1 aromatic rings. The number of hydrazine groups is 1. The van der Waals surface area contributed by atoms with Gasteiger partial charge in [0, 0.05) is 12.2 Å². The van der Waals surface area contributed by atoms with Crippen LogP contribution in [-0.2, 0) is 0 Å². The number of hydrogen-bond donors (Lipinski definition) is 4. The van der Waals surface area contributed by atoms with Crippen molar-refractivity contribution in [2.75, 3.05) is 11.9 Å². The number of nitrogens with one attached hydrogen (secondary N) is 4. The van der Waals surface area contributed by atoms with Crippen LogP contribution in [0.5, 0.6) is 0 Å². The van der Waals surface area contributed by atoms with Crippen LogP contribution in [-0.4, -0.2) is 16.8 Å². The normalized spacial score (nSPS) is 9.29. The third kappa shape index (κ3) is 4.97. The van der Waals surface area contributed by atoms with E-state index in [0.29, 0.717) is 10.2 Å². The molecule has 1 rings (SSSR count). The van der Waals surface area contributed by atoms with Gasteiger partial charge in [-0.1, -0.05) is 18.2 Å². The average Bonchev–Trinajstić information content (AvgIpc) is 2.30. The van der Waals surface area contributed by atoms with Crippen LogP contribution in [0.3, 0.4) is 0 Å². The predicted molar refractivity (Wildman–Crippen MR) is 79.9 cm³/mol. The van der Waals surface area contributed by atoms with Crippen molar-refractivity contribution in [3.05, 3.63) is 29.8 Å². The van der Waals surface area contributed by atoms with E-state index in [1.165, 1.54) is 0 Å². The van der Waals surface area contributed by atoms with Crippen LogP contribution in [0.25, 0.3) is 0 Å². The maximum atomic E-state index is 5.13. The Kier molecular flexibility index (Phi) is 5.65. The van der Waals surface area contributed by atoms with Gasteiger partial charge in [0.25, 0.3) is 0 Å². The third-order valence-electron chi connectivity index (χ3n) is 2.02. The second kappa shape index (κ2) is 7.03. The van der Waals surface area contributed by atoms with Crippen LogP contribution < -0.4 is 21.5 Å². The zero-order valence-corrected chi connectivity index (χ0v) is 11.5. The van der Waals surface area contributed by atoms with E-state index in [4.69, 9.17) is 24.4 Å². The van der Waals surface area contributed by atoms with Gasteiger partial charge < -0.3 is 10.6 Å². The largest absolute Gasteiger partial charge is 0.362 e. The molecule has 0 unspecified atom stereocenters. The van der Waals surface area contributed by atoms with E-state index in [0.717, 1.165) is 17.8 Å². The Morgan fingerprint density at radius 3 is 2.41 bits per heavy atom. The molecule has 0 amide bonds. The Hall–Kier alpha value is -1.40. The predicted octanol–water partition coefficient (Wildman–Crippen LogP) is 1.68. The summed E-state index contributed by atoms with van der Waals surface area (Å²) < 4.78 is 0. The van der Waals surface area contributed by atoms with Crippen molar-refractivity contribution in [2.24, 2.45) is 0 Å². The number of thiocarbonyl (C=S) groups is 2. The van der Waals surface area contributed by atoms with Crippen molar-refractivity contribution in [1.82, 2.24) is 16.2 Å². The van der Waals surface area contributed by atoms with E-state index < -0.39 is 0 Å². The van der Waals surface area contributed by atoms with Gasteiger partial charge in [-0.05, 0) is 49.9 Å². The van der Waals surface area contributed by atoms with Crippen LogP contribution in [0.15, 0.2) is 24.3 Å². The van der Waals surface area contributed by atoms with Gasteiger partial charge in [-0.2, -0.15) is 0 Å². The second-order valence-corrected chi connectivity index (χ2v) is 4.19. The summed E-state index contributed by atoms with van der Waals surface area (Å²) in [7, 11) is 0. The van der Waals surface area contributed by atoms with Crippen molar-refractivity contribution < 1.29 is 0 Å². The minimum Gasteiger partial charge on any atom is -0.362 e. The quantitative estimate of drug-likeness (QED) is 0.484. The van der Waals surface area contributed by atoms with Gasteiger partial charge in [0.15, 0.2) is 10.2 Å². The fourth-order valence-corrected chi connectivity index (χ4v) is 1.54. The zero-order valence-electron chi connectivity index (χ0n) is 9.83. The first-order valence-electron chi connectivity index (χ1n) is 5.30. The monoisotopic (exact) mass is 268 g/mol. The molecule has 6 heteroatoms. The Bertz CT molecular complexity index is 406. The van der Waals surface area contributed by atoms with E-state index >= 15 is 0 Å². The molecule has 0 heterocycles. The summed E-state index contributed by atoms with van der Waals surface area (Å²) in [5.41, 5.74) is 7.70. The van der Waals surface area contributed by atoms with Crippen LogP contribution in [0.1, 0.15) is 12.5 Å². The first kappa shape index (κ1) is 13.7. The number of hydrogen-bond acceptors (Lipinski definition) is 2. The van der Waals surface area contributed by atoms with E-state index in [1.54, 1.807) is 0 Å². The fraction of sp³-hybridized carbons (Fsp3) is 0.273. The Labute approximate surface area is 112 Å². The van der Waals surface area contributed by atoms with Gasteiger partial charge in [-0.15, -0.1) is 0 Å². The standard InChI is InChI=1S/C11H16N4S2/c1-3-12-10(16)14-15-11(17)13-9-7-5-4-6-8(9)2/h4-7H,3H2,1-2H3,(H2,12,14,16)(H2,13,15,17). The highest BCUT2D eigenvalue weighted by molar-refractivity contribution is 7.80. The van der Waals surface area contributed by atoms with E-state index in [9.17, 15) is 0 Å². The lowest BCUT2D eigenvalue weighted by atomic mass is 10.2. The number of para-hydroxylation sites is 1. The summed E-state index contributed by atoms with van der Waals surface area (Å²) in [6.45, 7) is 4.75. The molecule has 0 saturated heterocycles. The third-order valence-corrected chi connectivity index (χ3v) is 2.47. The lowest BCUT2D eigenvalue weighted by Gasteiger charge is -2.14. The van der Waals surface area contributed by atoms with Crippen LogP contribution in [0, 0.1) is 6.92 Å². The Balaban J connectivity index is 2.40. The molecule has 0 aliphatic heterocycles. The number of rotatable bonds is 2. The highest BCUT2D eigenvalue weighted by atomic mass is 32.1. The maximum absolute atomic E-state index is 5.13. The molecule has 0 saturated carbocycles. The van der Waals surface area contributed by atoms with E-state index in [2.05, 4.69) is 21.5 Å². The molecule has 0 aliphatic carbocycles. The fourth-order valence-electron chi connectivity index (χ4n) is 1.18. The van der Waals surface area contributed by atoms with Gasteiger partial charge in [0.2, 0.25) is 0 Å². The van der Waals surface area contributed by atoms with Crippen LogP contribution >= 0.6 is 24.4 Å². The Morgan fingerprint density at radius 1 is 1.12 bits per heavy atom. The first-order valence-corrected chi connectivity index (χ1v) is 6.11. The molecule has 0 fully saturated rings. The van der Waals surface area contributed by atoms with Crippen molar-refractivity contribution in [3.63, 3.8) is 0 Å². The Morgan fingerprint density at radius 2 is 1.76 bits per heavy atom. The first-order chi connectivity index (χ1) is 8.13. The van der Waals surface area contributed by atoms with E-state index in [-0.39, 0.29) is 0 Å². The SMILES string of the molecule is CCNC(=S)NNC(=S)Nc1ccccc1C. The minimum atomic E-state index is 0.472. The number of benzene rings is 1. The minimum absolute atomic E-state index is 0.472. The zero-order chi connectivity index (χ0) is 12.7. The summed E-state index contributed by atoms with van der Waals surface area (Å²) in [5, 5.41) is 7.01. The van der Waals surface area contributed by atoms with Gasteiger partial charge in [-0.3, -0.25) is 10.9 Å². The van der Waals surface area contributed by atoms with Gasteiger partial charge >= 0.3 is 0 Å². The molecule has 0 radical (unpaired) electrons. The molecule has 4 N–H and O–H groups in total. The lowest BCUT2D eigenvalue weighted by Crippen LogP contribution is -2.48. The molecule has 4 nitrogen and oxygen atoms in total. The average molecular weight is 268 g/mol.